The predicted octanol–water partition coefficient (Wildman–Crippen LogP) is 0.972. The van der Waals surface area contributed by atoms with Crippen molar-refractivity contribution in [2.45, 2.75) is 4.90 Å². The molecule has 2 aromatic rings. The molecule has 0 aromatic heterocycles. The summed E-state index contributed by atoms with van der Waals surface area (Å²) in [4.78, 5) is 11.4. The molecule has 4 N–H and O–H groups in total. The molecule has 0 fully saturated rings. The van der Waals surface area contributed by atoms with E-state index in [1.165, 1.54) is 30.3 Å². The molecular formula is C14H11N3O3S. The lowest BCUT2D eigenvalue weighted by molar-refractivity contribution is 0.100. The Morgan fingerprint density at radius 3 is 2.43 bits per heavy atom. The second kappa shape index (κ2) is 5.36. The highest BCUT2D eigenvalue weighted by atomic mass is 32.2. The number of primary sulfonamides is 1. The number of nitriles is 1. The van der Waals surface area contributed by atoms with Gasteiger partial charge in [0.15, 0.2) is 0 Å². The van der Waals surface area contributed by atoms with Crippen molar-refractivity contribution in [3.63, 3.8) is 0 Å². The van der Waals surface area contributed by atoms with E-state index in [4.69, 9.17) is 16.1 Å². The molecule has 0 saturated heterocycles. The first kappa shape index (κ1) is 14.7. The van der Waals surface area contributed by atoms with Crippen LogP contribution < -0.4 is 10.9 Å². The minimum atomic E-state index is -3.85. The van der Waals surface area contributed by atoms with E-state index in [0.29, 0.717) is 11.1 Å². The summed E-state index contributed by atoms with van der Waals surface area (Å²) >= 11 is 0. The Hall–Kier alpha value is -2.69. The number of nitrogens with zero attached hydrogens (tertiary/aromatic N) is 1. The first-order valence-corrected chi connectivity index (χ1v) is 7.35. The summed E-state index contributed by atoms with van der Waals surface area (Å²) in [6, 6.07) is 12.2. The monoisotopic (exact) mass is 301 g/mol. The van der Waals surface area contributed by atoms with Gasteiger partial charge in [-0.05, 0) is 35.4 Å². The number of benzene rings is 2. The lowest BCUT2D eigenvalue weighted by atomic mass is 9.97. The zero-order valence-electron chi connectivity index (χ0n) is 10.8. The molecule has 7 heteroatoms. The maximum atomic E-state index is 11.5. The first-order chi connectivity index (χ1) is 9.82. The molecule has 0 unspecified atom stereocenters. The standard InChI is InChI=1S/C14H11N3O3S/c15-8-9-4-5-12(13(6-9)14(16)18)10-2-1-3-11(7-10)21(17,19)20/h1-7H,(H2,16,18)(H2,17,19,20). The Labute approximate surface area is 121 Å². The van der Waals surface area contributed by atoms with Gasteiger partial charge in [0.2, 0.25) is 15.9 Å². The maximum absolute atomic E-state index is 11.5. The molecule has 6 nitrogen and oxygen atoms in total. The zero-order chi connectivity index (χ0) is 15.6. The third-order valence-corrected chi connectivity index (χ3v) is 3.80. The number of hydrogen-bond donors (Lipinski definition) is 2. The average Bonchev–Trinajstić information content (AvgIpc) is 2.45. The van der Waals surface area contributed by atoms with Crippen LogP contribution in [0.1, 0.15) is 15.9 Å². The van der Waals surface area contributed by atoms with Gasteiger partial charge in [-0.15, -0.1) is 0 Å². The normalized spacial score (nSPS) is 10.9. The molecule has 2 aromatic carbocycles. The van der Waals surface area contributed by atoms with Gasteiger partial charge in [-0.2, -0.15) is 5.26 Å². The van der Waals surface area contributed by atoms with Gasteiger partial charge >= 0.3 is 0 Å². The maximum Gasteiger partial charge on any atom is 0.249 e. The topological polar surface area (TPSA) is 127 Å². The van der Waals surface area contributed by atoms with E-state index in [1.54, 1.807) is 12.1 Å². The van der Waals surface area contributed by atoms with E-state index < -0.39 is 15.9 Å². The fraction of sp³-hybridized carbons (Fsp3) is 0. The van der Waals surface area contributed by atoms with E-state index in [9.17, 15) is 13.2 Å². The van der Waals surface area contributed by atoms with Gasteiger partial charge in [0.1, 0.15) is 0 Å². The Morgan fingerprint density at radius 1 is 1.14 bits per heavy atom. The van der Waals surface area contributed by atoms with Gasteiger partial charge in [0, 0.05) is 5.56 Å². The summed E-state index contributed by atoms with van der Waals surface area (Å²) in [5.41, 5.74) is 6.64. The number of carbonyl (C=O) groups is 1. The highest BCUT2D eigenvalue weighted by Crippen LogP contribution is 2.26. The number of nitrogens with two attached hydrogens (primary N) is 2. The van der Waals surface area contributed by atoms with Gasteiger partial charge in [-0.25, -0.2) is 13.6 Å². The lowest BCUT2D eigenvalue weighted by Gasteiger charge is -2.08. The molecule has 106 valence electrons. The van der Waals surface area contributed by atoms with Crippen LogP contribution in [0.4, 0.5) is 0 Å². The van der Waals surface area contributed by atoms with E-state index in [-0.39, 0.29) is 16.0 Å². The fourth-order valence-corrected chi connectivity index (χ4v) is 2.47. The van der Waals surface area contributed by atoms with Crippen molar-refractivity contribution < 1.29 is 13.2 Å². The zero-order valence-corrected chi connectivity index (χ0v) is 11.6. The molecule has 1 amide bonds. The summed E-state index contributed by atoms with van der Waals surface area (Å²) in [7, 11) is -3.85. The van der Waals surface area contributed by atoms with Crippen LogP contribution in [0, 0.1) is 11.3 Å². The number of hydrogen-bond acceptors (Lipinski definition) is 4. The Bertz CT molecular complexity index is 867. The molecule has 0 saturated carbocycles. The van der Waals surface area contributed by atoms with Gasteiger partial charge in [0.05, 0.1) is 16.5 Å². The van der Waals surface area contributed by atoms with E-state index in [2.05, 4.69) is 0 Å². The minimum absolute atomic E-state index is 0.0696. The quantitative estimate of drug-likeness (QED) is 0.875. The van der Waals surface area contributed by atoms with Gasteiger partial charge in [0.25, 0.3) is 0 Å². The highest BCUT2D eigenvalue weighted by molar-refractivity contribution is 7.89. The molecule has 2 rings (SSSR count). The second-order valence-corrected chi connectivity index (χ2v) is 5.87. The van der Waals surface area contributed by atoms with Crippen LogP contribution in [0.5, 0.6) is 0 Å². The summed E-state index contributed by atoms with van der Waals surface area (Å²) in [5, 5.41) is 13.9. The third-order valence-electron chi connectivity index (χ3n) is 2.89. The van der Waals surface area contributed by atoms with Gasteiger partial charge in [-0.3, -0.25) is 4.79 Å². The summed E-state index contributed by atoms with van der Waals surface area (Å²) in [5.74, 6) is -0.705. The Kier molecular flexibility index (Phi) is 3.76. The molecule has 0 spiro atoms. The van der Waals surface area contributed by atoms with Crippen LogP contribution in [0.3, 0.4) is 0 Å². The molecule has 0 bridgehead atoms. The fourth-order valence-electron chi connectivity index (χ4n) is 1.91. The molecule has 0 aliphatic heterocycles. The Balaban J connectivity index is 2.68. The summed E-state index contributed by atoms with van der Waals surface area (Å²) < 4.78 is 22.8. The smallest absolute Gasteiger partial charge is 0.249 e. The minimum Gasteiger partial charge on any atom is -0.366 e. The van der Waals surface area contributed by atoms with Crippen LogP contribution in [-0.4, -0.2) is 14.3 Å². The molecule has 0 atom stereocenters. The largest absolute Gasteiger partial charge is 0.366 e. The van der Waals surface area contributed by atoms with Crippen LogP contribution in [0.25, 0.3) is 11.1 Å². The molecule has 21 heavy (non-hydrogen) atoms. The molecule has 0 aliphatic carbocycles. The molecule has 0 aliphatic rings. The van der Waals surface area contributed by atoms with E-state index in [1.807, 2.05) is 6.07 Å². The van der Waals surface area contributed by atoms with Crippen LogP contribution in [-0.2, 0) is 10.0 Å². The van der Waals surface area contributed by atoms with Crippen LogP contribution in [0.15, 0.2) is 47.4 Å². The molecule has 0 radical (unpaired) electrons. The predicted molar refractivity (Wildman–Crippen MR) is 76.5 cm³/mol. The van der Waals surface area contributed by atoms with Crippen molar-refractivity contribution in [1.29, 1.82) is 5.26 Å². The Morgan fingerprint density at radius 2 is 1.86 bits per heavy atom. The first-order valence-electron chi connectivity index (χ1n) is 5.80. The number of primary amides is 1. The van der Waals surface area contributed by atoms with Crippen molar-refractivity contribution in [2.24, 2.45) is 10.9 Å². The number of amides is 1. The van der Waals surface area contributed by atoms with Crippen molar-refractivity contribution in [2.75, 3.05) is 0 Å². The van der Waals surface area contributed by atoms with Gasteiger partial charge < -0.3 is 5.73 Å². The number of sulfonamides is 1. The van der Waals surface area contributed by atoms with E-state index in [0.717, 1.165) is 0 Å². The van der Waals surface area contributed by atoms with Crippen molar-refractivity contribution in [3.05, 3.63) is 53.6 Å². The second-order valence-electron chi connectivity index (χ2n) is 4.31. The van der Waals surface area contributed by atoms with Crippen molar-refractivity contribution in [1.82, 2.24) is 0 Å². The molecule has 0 heterocycles. The summed E-state index contributed by atoms with van der Waals surface area (Å²) in [6.07, 6.45) is 0. The number of rotatable bonds is 3. The summed E-state index contributed by atoms with van der Waals surface area (Å²) in [6.45, 7) is 0. The van der Waals surface area contributed by atoms with E-state index >= 15 is 0 Å². The average molecular weight is 301 g/mol. The SMILES string of the molecule is N#Cc1ccc(-c2cccc(S(N)(=O)=O)c2)c(C(N)=O)c1. The van der Waals surface area contributed by atoms with Crippen molar-refractivity contribution in [3.8, 4) is 17.2 Å². The third kappa shape index (κ3) is 3.08. The van der Waals surface area contributed by atoms with Crippen molar-refractivity contribution >= 4 is 15.9 Å². The van der Waals surface area contributed by atoms with Crippen LogP contribution in [0.2, 0.25) is 0 Å². The van der Waals surface area contributed by atoms with Crippen LogP contribution >= 0.6 is 0 Å². The number of carbonyl (C=O) groups excluding carboxylic acids is 1. The highest BCUT2D eigenvalue weighted by Gasteiger charge is 2.14. The lowest BCUT2D eigenvalue weighted by Crippen LogP contribution is -2.14. The van der Waals surface area contributed by atoms with Gasteiger partial charge in [-0.1, -0.05) is 18.2 Å². The molecular weight excluding hydrogens is 290 g/mol.